The second-order valence-electron chi connectivity index (χ2n) is 6.18. The Balaban J connectivity index is 1.72. The molecule has 3 aromatic rings. The molecule has 1 aromatic heterocycles. The number of carbonyl (C=O) groups excluding carboxylic acids is 1. The molecule has 0 spiro atoms. The van der Waals surface area contributed by atoms with E-state index in [0.717, 1.165) is 10.4 Å². The van der Waals surface area contributed by atoms with Gasteiger partial charge in [-0.25, -0.2) is 13.1 Å². The maximum Gasteiger partial charge on any atom is 0.251 e. The molecule has 0 fully saturated rings. The van der Waals surface area contributed by atoms with Crippen molar-refractivity contribution in [2.75, 3.05) is 0 Å². The van der Waals surface area contributed by atoms with Crippen LogP contribution in [0.1, 0.15) is 33.8 Å². The highest BCUT2D eigenvalue weighted by atomic mass is 35.5. The van der Waals surface area contributed by atoms with E-state index in [1.807, 2.05) is 36.6 Å². The first-order chi connectivity index (χ1) is 13.3. The number of thiophene rings is 1. The van der Waals surface area contributed by atoms with Crippen LogP contribution in [0.5, 0.6) is 0 Å². The van der Waals surface area contributed by atoms with E-state index in [1.165, 1.54) is 23.5 Å². The molecule has 3 rings (SSSR count). The number of amides is 1. The molecule has 0 saturated carbocycles. The van der Waals surface area contributed by atoms with Crippen LogP contribution in [-0.2, 0) is 16.6 Å². The van der Waals surface area contributed by atoms with E-state index in [4.69, 9.17) is 11.6 Å². The van der Waals surface area contributed by atoms with Crippen molar-refractivity contribution in [2.45, 2.75) is 24.4 Å². The molecule has 146 valence electrons. The van der Waals surface area contributed by atoms with Gasteiger partial charge in [-0.3, -0.25) is 4.79 Å². The third-order valence-electron chi connectivity index (χ3n) is 4.12. The fourth-order valence-corrected chi connectivity index (χ4v) is 4.59. The Morgan fingerprint density at radius 2 is 1.89 bits per heavy atom. The molecule has 5 nitrogen and oxygen atoms in total. The molecule has 2 aromatic carbocycles. The third-order valence-corrected chi connectivity index (χ3v) is 6.63. The molecule has 0 aliphatic rings. The van der Waals surface area contributed by atoms with Crippen molar-refractivity contribution in [1.29, 1.82) is 0 Å². The summed E-state index contributed by atoms with van der Waals surface area (Å²) < 4.78 is 27.6. The summed E-state index contributed by atoms with van der Waals surface area (Å²) in [5, 5.41) is 5.33. The summed E-state index contributed by atoms with van der Waals surface area (Å²) in [6.07, 6.45) is 0. The Morgan fingerprint density at radius 3 is 2.61 bits per heavy atom. The van der Waals surface area contributed by atoms with E-state index in [2.05, 4.69) is 10.0 Å². The van der Waals surface area contributed by atoms with Crippen LogP contribution in [0.3, 0.4) is 0 Å². The summed E-state index contributed by atoms with van der Waals surface area (Å²) in [5.41, 5.74) is 1.13. The van der Waals surface area contributed by atoms with Crippen molar-refractivity contribution in [3.63, 3.8) is 0 Å². The largest absolute Gasteiger partial charge is 0.346 e. The van der Waals surface area contributed by atoms with Gasteiger partial charge in [0.05, 0.1) is 10.9 Å². The average Bonchev–Trinajstić information content (AvgIpc) is 3.20. The smallest absolute Gasteiger partial charge is 0.251 e. The summed E-state index contributed by atoms with van der Waals surface area (Å²) in [5.74, 6) is -0.359. The van der Waals surface area contributed by atoms with E-state index >= 15 is 0 Å². The lowest BCUT2D eigenvalue weighted by Crippen LogP contribution is -2.27. The molecular formula is C20H19ClN2O3S2. The van der Waals surface area contributed by atoms with Crippen LogP contribution in [0.25, 0.3) is 0 Å². The Hall–Kier alpha value is -2.19. The predicted octanol–water partition coefficient (Wildman–Crippen LogP) is 4.37. The topological polar surface area (TPSA) is 75.3 Å². The molecule has 2 N–H and O–H groups in total. The lowest BCUT2D eigenvalue weighted by Gasteiger charge is -2.15. The zero-order chi connectivity index (χ0) is 20.1. The second kappa shape index (κ2) is 8.87. The normalized spacial score (nSPS) is 12.5. The van der Waals surface area contributed by atoms with E-state index < -0.39 is 10.0 Å². The van der Waals surface area contributed by atoms with Crippen LogP contribution in [0.2, 0.25) is 5.02 Å². The summed E-state index contributed by atoms with van der Waals surface area (Å²) in [6, 6.07) is 16.6. The van der Waals surface area contributed by atoms with Gasteiger partial charge in [-0.2, -0.15) is 0 Å². The number of nitrogens with one attached hydrogen (secondary N) is 2. The molecular weight excluding hydrogens is 416 g/mol. The van der Waals surface area contributed by atoms with Crippen LogP contribution in [0.15, 0.2) is 70.9 Å². The van der Waals surface area contributed by atoms with Crippen LogP contribution >= 0.6 is 22.9 Å². The van der Waals surface area contributed by atoms with Crippen LogP contribution < -0.4 is 10.0 Å². The van der Waals surface area contributed by atoms with Crippen molar-refractivity contribution < 1.29 is 13.2 Å². The zero-order valence-electron chi connectivity index (χ0n) is 15.1. The monoisotopic (exact) mass is 434 g/mol. The lowest BCUT2D eigenvalue weighted by molar-refractivity contribution is 0.0939. The van der Waals surface area contributed by atoms with Gasteiger partial charge in [0, 0.05) is 22.0 Å². The van der Waals surface area contributed by atoms with Crippen LogP contribution in [0.4, 0.5) is 0 Å². The second-order valence-corrected chi connectivity index (χ2v) is 9.42. The van der Waals surface area contributed by atoms with Gasteiger partial charge in [-0.05, 0) is 54.3 Å². The molecule has 1 amide bonds. The van der Waals surface area contributed by atoms with E-state index in [0.29, 0.717) is 5.02 Å². The standard InChI is InChI=1S/C20H19ClN2O3S2/c1-14(15-5-2-7-17(21)11-15)23-20(24)16-6-3-9-19(12-16)28(25,26)22-13-18-8-4-10-27-18/h2-12,14,22H,13H2,1H3,(H,23,24). The molecule has 0 radical (unpaired) electrons. The molecule has 0 aliphatic carbocycles. The molecule has 0 bridgehead atoms. The number of hydrogen-bond acceptors (Lipinski definition) is 4. The minimum atomic E-state index is -3.72. The minimum absolute atomic E-state index is 0.0483. The van der Waals surface area contributed by atoms with Gasteiger partial charge in [-0.1, -0.05) is 35.9 Å². The highest BCUT2D eigenvalue weighted by Crippen LogP contribution is 2.19. The van der Waals surface area contributed by atoms with Crippen molar-refractivity contribution in [3.8, 4) is 0 Å². The first-order valence-corrected chi connectivity index (χ1v) is 11.3. The molecule has 8 heteroatoms. The number of halogens is 1. The van der Waals surface area contributed by atoms with Gasteiger partial charge < -0.3 is 5.32 Å². The van der Waals surface area contributed by atoms with Gasteiger partial charge in [0.1, 0.15) is 0 Å². The number of rotatable bonds is 7. The average molecular weight is 435 g/mol. The number of hydrogen-bond donors (Lipinski definition) is 2. The van der Waals surface area contributed by atoms with Crippen molar-refractivity contribution in [3.05, 3.63) is 87.1 Å². The Bertz CT molecular complexity index is 1070. The fourth-order valence-electron chi connectivity index (χ4n) is 2.61. The summed E-state index contributed by atoms with van der Waals surface area (Å²) >= 11 is 7.47. The quantitative estimate of drug-likeness (QED) is 0.579. The fraction of sp³-hybridized carbons (Fsp3) is 0.150. The number of sulfonamides is 1. The maximum absolute atomic E-state index is 12.6. The molecule has 1 unspecified atom stereocenters. The lowest BCUT2D eigenvalue weighted by atomic mass is 10.1. The van der Waals surface area contributed by atoms with E-state index in [9.17, 15) is 13.2 Å². The minimum Gasteiger partial charge on any atom is -0.346 e. The van der Waals surface area contributed by atoms with Gasteiger partial charge in [0.15, 0.2) is 0 Å². The van der Waals surface area contributed by atoms with Gasteiger partial charge in [-0.15, -0.1) is 11.3 Å². The number of benzene rings is 2. The Kier molecular flexibility index (Phi) is 6.51. The molecule has 0 saturated heterocycles. The third kappa shape index (κ3) is 5.20. The highest BCUT2D eigenvalue weighted by Gasteiger charge is 2.17. The van der Waals surface area contributed by atoms with E-state index in [-0.39, 0.29) is 29.0 Å². The van der Waals surface area contributed by atoms with Crippen molar-refractivity contribution >= 4 is 38.9 Å². The summed E-state index contributed by atoms with van der Waals surface area (Å²) in [4.78, 5) is 13.5. The van der Waals surface area contributed by atoms with Crippen molar-refractivity contribution in [2.24, 2.45) is 0 Å². The maximum atomic E-state index is 12.6. The van der Waals surface area contributed by atoms with Gasteiger partial charge >= 0.3 is 0 Å². The van der Waals surface area contributed by atoms with Crippen LogP contribution in [-0.4, -0.2) is 14.3 Å². The SMILES string of the molecule is CC(NC(=O)c1cccc(S(=O)(=O)NCc2cccs2)c1)c1cccc(Cl)c1. The molecule has 1 atom stereocenters. The highest BCUT2D eigenvalue weighted by molar-refractivity contribution is 7.89. The van der Waals surface area contributed by atoms with Crippen molar-refractivity contribution in [1.82, 2.24) is 10.0 Å². The molecule has 1 heterocycles. The summed E-state index contributed by atoms with van der Waals surface area (Å²) in [7, 11) is -3.72. The van der Waals surface area contributed by atoms with Gasteiger partial charge in [0.25, 0.3) is 5.91 Å². The van der Waals surface area contributed by atoms with Crippen LogP contribution in [0, 0.1) is 0 Å². The Morgan fingerprint density at radius 1 is 1.11 bits per heavy atom. The molecule has 0 aliphatic heterocycles. The van der Waals surface area contributed by atoms with Gasteiger partial charge in [0.2, 0.25) is 10.0 Å². The Labute approximate surface area is 173 Å². The number of carbonyl (C=O) groups is 1. The summed E-state index contributed by atoms with van der Waals surface area (Å²) in [6.45, 7) is 2.05. The first kappa shape index (κ1) is 20.5. The zero-order valence-corrected chi connectivity index (χ0v) is 17.4. The first-order valence-electron chi connectivity index (χ1n) is 8.53. The predicted molar refractivity (Wildman–Crippen MR) is 112 cm³/mol. The van der Waals surface area contributed by atoms with E-state index in [1.54, 1.807) is 24.3 Å². The molecule has 28 heavy (non-hydrogen) atoms.